The molecule has 0 radical (unpaired) electrons. The number of carbonyl (C=O) groups is 2. The van der Waals surface area contributed by atoms with E-state index < -0.39 is 12.1 Å². The molecule has 1 heterocycles. The van der Waals surface area contributed by atoms with Gasteiger partial charge in [-0.3, -0.25) is 14.5 Å². The van der Waals surface area contributed by atoms with Gasteiger partial charge in [-0.1, -0.05) is 39.3 Å². The zero-order chi connectivity index (χ0) is 15.6. The van der Waals surface area contributed by atoms with Gasteiger partial charge in [0.05, 0.1) is 5.69 Å². The van der Waals surface area contributed by atoms with Gasteiger partial charge in [-0.25, -0.2) is 0 Å². The molecule has 114 valence electrons. The maximum absolute atomic E-state index is 12.9. The van der Waals surface area contributed by atoms with Crippen molar-refractivity contribution in [3.05, 3.63) is 28.7 Å². The largest absolute Gasteiger partial charge is 0.342 e. The monoisotopic (exact) mass is 352 g/mol. The van der Waals surface area contributed by atoms with Crippen LogP contribution in [-0.4, -0.2) is 23.9 Å². The molecule has 1 aliphatic rings. The Kier molecular flexibility index (Phi) is 5.04. The van der Waals surface area contributed by atoms with Crippen LogP contribution in [0.2, 0.25) is 0 Å². The zero-order valence-electron chi connectivity index (χ0n) is 12.6. The number of amides is 2. The lowest BCUT2D eigenvalue weighted by Crippen LogP contribution is -2.65. The van der Waals surface area contributed by atoms with Gasteiger partial charge in [0, 0.05) is 4.47 Å². The molecule has 1 N–H and O–H groups in total. The minimum atomic E-state index is -0.448. The minimum absolute atomic E-state index is 0.0253. The van der Waals surface area contributed by atoms with E-state index in [0.29, 0.717) is 6.42 Å². The van der Waals surface area contributed by atoms with Crippen LogP contribution in [-0.2, 0) is 9.59 Å². The number of para-hydroxylation sites is 1. The lowest BCUT2D eigenvalue weighted by Gasteiger charge is -2.40. The first kappa shape index (κ1) is 16.0. The van der Waals surface area contributed by atoms with Crippen LogP contribution in [0, 0.1) is 5.92 Å². The third-order valence-corrected chi connectivity index (χ3v) is 4.80. The van der Waals surface area contributed by atoms with E-state index in [-0.39, 0.29) is 17.7 Å². The molecule has 1 fully saturated rings. The number of hydrogen-bond acceptors (Lipinski definition) is 2. The molecule has 1 aliphatic heterocycles. The molecule has 0 aromatic heterocycles. The van der Waals surface area contributed by atoms with Crippen molar-refractivity contribution in [3.63, 3.8) is 0 Å². The third kappa shape index (κ3) is 2.98. The third-order valence-electron chi connectivity index (χ3n) is 4.13. The fraction of sp³-hybridized carbons (Fsp3) is 0.500. The highest BCUT2D eigenvalue weighted by Gasteiger charge is 2.42. The highest BCUT2D eigenvalue weighted by Crippen LogP contribution is 2.31. The van der Waals surface area contributed by atoms with Crippen molar-refractivity contribution in [1.82, 2.24) is 5.32 Å². The first-order valence-electron chi connectivity index (χ1n) is 7.39. The Hall–Kier alpha value is -1.36. The number of anilines is 1. The summed E-state index contributed by atoms with van der Waals surface area (Å²) in [6.07, 6.45) is 1.43. The van der Waals surface area contributed by atoms with Gasteiger partial charge in [0.15, 0.2) is 0 Å². The standard InChI is InChI=1S/C16H21BrN2O2/c1-4-10(3)14-16(21)19(12(5-2)15(20)18-14)13-9-7-6-8-11(13)17/h6-10,12,14H,4-5H2,1-3H3,(H,18,20). The van der Waals surface area contributed by atoms with Crippen LogP contribution in [0.5, 0.6) is 0 Å². The second-order valence-corrected chi connectivity index (χ2v) is 6.31. The SMILES string of the molecule is CCC(C)C1NC(=O)C(CC)N(c2ccccc2Br)C1=O. The Bertz CT molecular complexity index is 547. The number of carbonyl (C=O) groups excluding carboxylic acids is 2. The molecular weight excluding hydrogens is 332 g/mol. The second-order valence-electron chi connectivity index (χ2n) is 5.46. The van der Waals surface area contributed by atoms with E-state index in [2.05, 4.69) is 21.2 Å². The van der Waals surface area contributed by atoms with Gasteiger partial charge in [-0.2, -0.15) is 0 Å². The van der Waals surface area contributed by atoms with E-state index in [0.717, 1.165) is 16.6 Å². The molecule has 0 bridgehead atoms. The van der Waals surface area contributed by atoms with Crippen LogP contribution in [0.4, 0.5) is 5.69 Å². The summed E-state index contributed by atoms with van der Waals surface area (Å²) in [6, 6.07) is 6.64. The van der Waals surface area contributed by atoms with Gasteiger partial charge >= 0.3 is 0 Å². The van der Waals surface area contributed by atoms with E-state index in [1.165, 1.54) is 0 Å². The van der Waals surface area contributed by atoms with Crippen molar-refractivity contribution in [2.45, 2.75) is 45.7 Å². The summed E-state index contributed by atoms with van der Waals surface area (Å²) in [4.78, 5) is 26.9. The van der Waals surface area contributed by atoms with Crippen LogP contribution in [0.25, 0.3) is 0 Å². The van der Waals surface area contributed by atoms with Crippen LogP contribution in [0.3, 0.4) is 0 Å². The van der Waals surface area contributed by atoms with Gasteiger partial charge in [0.25, 0.3) is 5.91 Å². The quantitative estimate of drug-likeness (QED) is 0.904. The summed E-state index contributed by atoms with van der Waals surface area (Å²) in [7, 11) is 0. The fourth-order valence-electron chi connectivity index (χ4n) is 2.65. The summed E-state index contributed by atoms with van der Waals surface area (Å²) < 4.78 is 0.828. The lowest BCUT2D eigenvalue weighted by molar-refractivity contribution is -0.135. The number of benzene rings is 1. The average molecular weight is 353 g/mol. The van der Waals surface area contributed by atoms with Gasteiger partial charge in [-0.05, 0) is 40.4 Å². The fourth-order valence-corrected chi connectivity index (χ4v) is 3.13. The molecule has 3 atom stereocenters. The summed E-state index contributed by atoms with van der Waals surface area (Å²) >= 11 is 3.48. The highest BCUT2D eigenvalue weighted by atomic mass is 79.9. The number of halogens is 1. The molecule has 1 saturated heterocycles. The number of piperazine rings is 1. The summed E-state index contributed by atoms with van der Waals surface area (Å²) in [5.74, 6) is 0.0186. The number of rotatable bonds is 4. The molecule has 0 spiro atoms. The molecular formula is C16H21BrN2O2. The van der Waals surface area contributed by atoms with E-state index in [1.54, 1.807) is 4.90 Å². The average Bonchev–Trinajstić information content (AvgIpc) is 2.49. The second kappa shape index (κ2) is 6.60. The van der Waals surface area contributed by atoms with E-state index in [1.807, 2.05) is 45.0 Å². The van der Waals surface area contributed by atoms with Crippen LogP contribution < -0.4 is 10.2 Å². The zero-order valence-corrected chi connectivity index (χ0v) is 14.2. The predicted molar refractivity (Wildman–Crippen MR) is 87.1 cm³/mol. The number of nitrogens with zero attached hydrogens (tertiary/aromatic N) is 1. The summed E-state index contributed by atoms with van der Waals surface area (Å²) in [5.41, 5.74) is 0.762. The van der Waals surface area contributed by atoms with Gasteiger partial charge in [-0.15, -0.1) is 0 Å². The molecule has 5 heteroatoms. The smallest absolute Gasteiger partial charge is 0.250 e. The highest BCUT2D eigenvalue weighted by molar-refractivity contribution is 9.10. The molecule has 0 saturated carbocycles. The minimum Gasteiger partial charge on any atom is -0.342 e. The molecule has 2 amide bonds. The Morgan fingerprint density at radius 1 is 1.29 bits per heavy atom. The van der Waals surface area contributed by atoms with Crippen LogP contribution >= 0.6 is 15.9 Å². The molecule has 2 rings (SSSR count). The van der Waals surface area contributed by atoms with Crippen molar-refractivity contribution >= 4 is 33.4 Å². The van der Waals surface area contributed by atoms with Crippen molar-refractivity contribution in [2.75, 3.05) is 4.90 Å². The van der Waals surface area contributed by atoms with Crippen molar-refractivity contribution in [2.24, 2.45) is 5.92 Å². The van der Waals surface area contributed by atoms with Crippen LogP contribution in [0.15, 0.2) is 28.7 Å². The van der Waals surface area contributed by atoms with E-state index in [9.17, 15) is 9.59 Å². The number of nitrogens with one attached hydrogen (secondary N) is 1. The lowest BCUT2D eigenvalue weighted by atomic mass is 9.93. The first-order valence-corrected chi connectivity index (χ1v) is 8.18. The molecule has 0 aliphatic carbocycles. The Morgan fingerprint density at radius 3 is 2.52 bits per heavy atom. The van der Waals surface area contributed by atoms with Crippen molar-refractivity contribution in [3.8, 4) is 0 Å². The summed E-state index contributed by atoms with van der Waals surface area (Å²) in [6.45, 7) is 5.94. The normalized spacial score (nSPS) is 23.9. The van der Waals surface area contributed by atoms with Crippen molar-refractivity contribution in [1.29, 1.82) is 0 Å². The Balaban J connectivity index is 2.45. The molecule has 1 aromatic carbocycles. The molecule has 21 heavy (non-hydrogen) atoms. The topological polar surface area (TPSA) is 49.4 Å². The van der Waals surface area contributed by atoms with Crippen molar-refractivity contribution < 1.29 is 9.59 Å². The molecule has 3 unspecified atom stereocenters. The summed E-state index contributed by atoms with van der Waals surface area (Å²) in [5, 5.41) is 2.89. The predicted octanol–water partition coefficient (Wildman–Crippen LogP) is 3.11. The van der Waals surface area contributed by atoms with Gasteiger partial charge < -0.3 is 5.32 Å². The van der Waals surface area contributed by atoms with E-state index >= 15 is 0 Å². The number of hydrogen-bond donors (Lipinski definition) is 1. The van der Waals surface area contributed by atoms with E-state index in [4.69, 9.17) is 0 Å². The van der Waals surface area contributed by atoms with Gasteiger partial charge in [0.2, 0.25) is 5.91 Å². The van der Waals surface area contributed by atoms with Gasteiger partial charge in [0.1, 0.15) is 12.1 Å². The molecule has 1 aromatic rings. The molecule has 4 nitrogen and oxygen atoms in total. The maximum Gasteiger partial charge on any atom is 0.250 e. The maximum atomic E-state index is 12.9. The Morgan fingerprint density at radius 2 is 1.95 bits per heavy atom. The first-order chi connectivity index (χ1) is 10.0. The van der Waals surface area contributed by atoms with Crippen LogP contribution in [0.1, 0.15) is 33.6 Å². The Labute approximate surface area is 134 Å².